The van der Waals surface area contributed by atoms with Crippen LogP contribution in [0.5, 0.6) is 11.5 Å². The number of phenols is 1. The Morgan fingerprint density at radius 1 is 1.20 bits per heavy atom. The van der Waals surface area contributed by atoms with Gasteiger partial charge in [-0.3, -0.25) is 0 Å². The number of carboxylic acid groups (broad SMARTS) is 1. The third kappa shape index (κ3) is 6.06. The molecule has 6 heteroatoms. The van der Waals surface area contributed by atoms with Crippen molar-refractivity contribution in [1.29, 1.82) is 0 Å². The fraction of sp³-hybridized carbons (Fsp3) is 0.211. The van der Waals surface area contributed by atoms with Gasteiger partial charge in [-0.25, -0.2) is 4.79 Å². The summed E-state index contributed by atoms with van der Waals surface area (Å²) in [6, 6.07) is 14.0. The molecular formula is C19H19IO5. The summed E-state index contributed by atoms with van der Waals surface area (Å²) >= 11 is 2.10. The molecule has 0 spiro atoms. The number of ether oxygens (including phenoxy) is 1. The van der Waals surface area contributed by atoms with Crippen molar-refractivity contribution in [2.75, 3.05) is 0 Å². The zero-order valence-corrected chi connectivity index (χ0v) is 15.5. The molecule has 2 aromatic carbocycles. The first kappa shape index (κ1) is 19.3. The van der Waals surface area contributed by atoms with Gasteiger partial charge in [0.1, 0.15) is 23.7 Å². The van der Waals surface area contributed by atoms with Gasteiger partial charge < -0.3 is 20.1 Å². The number of aliphatic hydroxyl groups is 1. The Labute approximate surface area is 159 Å². The number of halogens is 1. The second kappa shape index (κ2) is 9.43. The van der Waals surface area contributed by atoms with Crippen LogP contribution in [0.25, 0.3) is 0 Å². The van der Waals surface area contributed by atoms with Crippen molar-refractivity contribution in [3.63, 3.8) is 0 Å². The molecule has 0 aliphatic heterocycles. The van der Waals surface area contributed by atoms with Crippen LogP contribution in [0.3, 0.4) is 0 Å². The van der Waals surface area contributed by atoms with Crippen molar-refractivity contribution in [1.82, 2.24) is 0 Å². The maximum Gasteiger partial charge on any atom is 0.327 e. The second-order valence-electron chi connectivity index (χ2n) is 5.44. The Balaban J connectivity index is 2.19. The minimum Gasteiger partial charge on any atom is -0.508 e. The highest BCUT2D eigenvalue weighted by molar-refractivity contribution is 14.1. The van der Waals surface area contributed by atoms with Crippen molar-refractivity contribution in [2.24, 2.45) is 0 Å². The van der Waals surface area contributed by atoms with Crippen molar-refractivity contribution in [3.8, 4) is 11.5 Å². The van der Waals surface area contributed by atoms with E-state index in [1.165, 1.54) is 12.1 Å². The summed E-state index contributed by atoms with van der Waals surface area (Å²) in [6.07, 6.45) is 1.72. The summed E-state index contributed by atoms with van der Waals surface area (Å²) < 4.78 is 6.77. The standard InChI is InChI=1S/C19H19IO5/c20-13-10-11-16(21)15(12-13)19(24)17(8-4-5-9-18(22)23)25-14-6-2-1-3-7-14/h1-3,5-7,9-12,17,19,21,24H,4,8H2,(H,22,23)/b9-5+/t17-,19-/m0/s1. The number of phenolic OH excluding ortho intramolecular Hbond substituents is 1. The molecular weight excluding hydrogens is 435 g/mol. The monoisotopic (exact) mass is 454 g/mol. The number of hydrogen-bond donors (Lipinski definition) is 3. The Bertz CT molecular complexity index is 730. The van der Waals surface area contributed by atoms with Crippen LogP contribution in [0.15, 0.2) is 60.7 Å². The summed E-state index contributed by atoms with van der Waals surface area (Å²) in [5.74, 6) is -0.425. The quantitative estimate of drug-likeness (QED) is 0.416. The largest absolute Gasteiger partial charge is 0.508 e. The van der Waals surface area contributed by atoms with Crippen LogP contribution >= 0.6 is 22.6 Å². The zero-order valence-electron chi connectivity index (χ0n) is 13.4. The molecule has 0 heterocycles. The average Bonchev–Trinajstić information content (AvgIpc) is 2.60. The number of carbonyl (C=O) groups is 1. The highest BCUT2D eigenvalue weighted by Gasteiger charge is 2.25. The van der Waals surface area contributed by atoms with Crippen LogP contribution in [0.4, 0.5) is 0 Å². The molecule has 2 aromatic rings. The lowest BCUT2D eigenvalue weighted by Gasteiger charge is -2.25. The maximum absolute atomic E-state index is 10.7. The van der Waals surface area contributed by atoms with Gasteiger partial charge in [-0.05, 0) is 65.8 Å². The third-order valence-electron chi connectivity index (χ3n) is 3.57. The fourth-order valence-corrected chi connectivity index (χ4v) is 2.88. The van der Waals surface area contributed by atoms with Gasteiger partial charge in [0.2, 0.25) is 0 Å². The molecule has 25 heavy (non-hydrogen) atoms. The summed E-state index contributed by atoms with van der Waals surface area (Å²) in [5.41, 5.74) is 0.384. The number of rotatable bonds is 8. The lowest BCUT2D eigenvalue weighted by atomic mass is 9.99. The van der Waals surface area contributed by atoms with Crippen molar-refractivity contribution < 1.29 is 24.9 Å². The number of aliphatic carboxylic acids is 1. The molecule has 0 fully saturated rings. The Morgan fingerprint density at radius 3 is 2.60 bits per heavy atom. The molecule has 0 aliphatic rings. The number of carboxylic acids is 1. The molecule has 2 rings (SSSR count). The molecule has 3 N–H and O–H groups in total. The first-order valence-corrected chi connectivity index (χ1v) is 8.83. The van der Waals surface area contributed by atoms with Gasteiger partial charge in [0, 0.05) is 15.2 Å². The van der Waals surface area contributed by atoms with Crippen LogP contribution in [0, 0.1) is 3.57 Å². The molecule has 0 saturated carbocycles. The normalized spacial score (nSPS) is 13.5. The highest BCUT2D eigenvalue weighted by Crippen LogP contribution is 2.31. The van der Waals surface area contributed by atoms with Crippen molar-refractivity contribution in [2.45, 2.75) is 25.0 Å². The predicted octanol–water partition coefficient (Wildman–Crippen LogP) is 3.90. The summed E-state index contributed by atoms with van der Waals surface area (Å²) in [5, 5.41) is 29.4. The smallest absolute Gasteiger partial charge is 0.327 e. The molecule has 2 atom stereocenters. The van der Waals surface area contributed by atoms with Gasteiger partial charge in [0.05, 0.1) is 0 Å². The van der Waals surface area contributed by atoms with E-state index in [0.717, 1.165) is 9.65 Å². The van der Waals surface area contributed by atoms with Gasteiger partial charge in [-0.2, -0.15) is 0 Å². The van der Waals surface area contributed by atoms with E-state index in [1.807, 2.05) is 18.2 Å². The first-order valence-electron chi connectivity index (χ1n) is 7.75. The van der Waals surface area contributed by atoms with Gasteiger partial charge in [0.15, 0.2) is 0 Å². The summed E-state index contributed by atoms with van der Waals surface area (Å²) in [7, 11) is 0. The molecule has 0 aliphatic carbocycles. The van der Waals surface area contributed by atoms with Crippen LogP contribution in [-0.4, -0.2) is 27.4 Å². The molecule has 0 bridgehead atoms. The van der Waals surface area contributed by atoms with E-state index in [0.29, 0.717) is 24.2 Å². The third-order valence-corrected chi connectivity index (χ3v) is 4.24. The van der Waals surface area contributed by atoms with Crippen molar-refractivity contribution in [3.05, 3.63) is 69.8 Å². The van der Waals surface area contributed by atoms with Crippen LogP contribution in [-0.2, 0) is 4.79 Å². The number of benzene rings is 2. The topological polar surface area (TPSA) is 87.0 Å². The van der Waals surface area contributed by atoms with E-state index in [4.69, 9.17) is 9.84 Å². The number of aliphatic hydroxyl groups excluding tert-OH is 1. The van der Waals surface area contributed by atoms with Crippen LogP contribution in [0.2, 0.25) is 0 Å². The van der Waals surface area contributed by atoms with Crippen LogP contribution in [0.1, 0.15) is 24.5 Å². The number of aromatic hydroxyl groups is 1. The molecule has 0 radical (unpaired) electrons. The fourth-order valence-electron chi connectivity index (χ4n) is 2.36. The summed E-state index contributed by atoms with van der Waals surface area (Å²) in [6.45, 7) is 0. The van der Waals surface area contributed by atoms with E-state index < -0.39 is 18.2 Å². The van der Waals surface area contributed by atoms with Gasteiger partial charge >= 0.3 is 5.97 Å². The van der Waals surface area contributed by atoms with E-state index in [1.54, 1.807) is 24.3 Å². The van der Waals surface area contributed by atoms with Crippen molar-refractivity contribution >= 4 is 28.6 Å². The first-order chi connectivity index (χ1) is 12.0. The average molecular weight is 454 g/mol. The molecule has 0 unspecified atom stereocenters. The van der Waals surface area contributed by atoms with E-state index in [2.05, 4.69) is 22.6 Å². The lowest BCUT2D eigenvalue weighted by Crippen LogP contribution is -2.25. The van der Waals surface area contributed by atoms with E-state index >= 15 is 0 Å². The van der Waals surface area contributed by atoms with Gasteiger partial charge in [-0.15, -0.1) is 0 Å². The molecule has 132 valence electrons. The van der Waals surface area contributed by atoms with Crippen LogP contribution < -0.4 is 4.74 Å². The number of hydrogen-bond acceptors (Lipinski definition) is 4. The summed E-state index contributed by atoms with van der Waals surface area (Å²) in [4.78, 5) is 10.6. The number of allylic oxidation sites excluding steroid dienone is 1. The SMILES string of the molecule is O=C(O)/C=C/CC[C@H](Oc1ccccc1)[C@@H](O)c1cc(I)ccc1O. The van der Waals surface area contributed by atoms with Gasteiger partial charge in [-0.1, -0.05) is 24.3 Å². The Hall–Kier alpha value is -2.06. The molecule has 5 nitrogen and oxygen atoms in total. The van der Waals surface area contributed by atoms with Gasteiger partial charge in [0.25, 0.3) is 0 Å². The Morgan fingerprint density at radius 2 is 1.92 bits per heavy atom. The lowest BCUT2D eigenvalue weighted by molar-refractivity contribution is -0.131. The predicted molar refractivity (Wildman–Crippen MR) is 103 cm³/mol. The number of para-hydroxylation sites is 1. The second-order valence-corrected chi connectivity index (χ2v) is 6.68. The molecule has 0 amide bonds. The molecule has 0 aromatic heterocycles. The Kier molecular flexibility index (Phi) is 7.27. The van der Waals surface area contributed by atoms with E-state index in [9.17, 15) is 15.0 Å². The molecule has 0 saturated heterocycles. The maximum atomic E-state index is 10.7. The minimum atomic E-state index is -1.05. The minimum absolute atomic E-state index is 0.00402. The zero-order chi connectivity index (χ0) is 18.2. The van der Waals surface area contributed by atoms with E-state index in [-0.39, 0.29) is 5.75 Å². The highest BCUT2D eigenvalue weighted by atomic mass is 127.